The Bertz CT molecular complexity index is 133. The fourth-order valence-electron chi connectivity index (χ4n) is 0.161. The lowest BCUT2D eigenvalue weighted by Gasteiger charge is -2.11. The standard InChI is InChI=1S/C3Br2ClF3O/c4-2(5,6)1(10)3(7,8)9. The lowest BCUT2D eigenvalue weighted by atomic mass is 10.4. The molecular weight excluding hydrogens is 304 g/mol. The number of carbonyl (C=O) groups excluding carboxylic acids is 1. The summed E-state index contributed by atoms with van der Waals surface area (Å²) in [5.41, 5.74) is 0. The van der Waals surface area contributed by atoms with Gasteiger partial charge in [-0.3, -0.25) is 4.79 Å². The van der Waals surface area contributed by atoms with Crippen molar-refractivity contribution in [3.63, 3.8) is 0 Å². The van der Waals surface area contributed by atoms with Gasteiger partial charge in [0, 0.05) is 0 Å². The Hall–Kier alpha value is 0.710. The Morgan fingerprint density at radius 2 is 1.60 bits per heavy atom. The summed E-state index contributed by atoms with van der Waals surface area (Å²) in [6.45, 7) is 0. The Morgan fingerprint density at radius 3 is 1.60 bits per heavy atom. The first-order valence-corrected chi connectivity index (χ1v) is 3.80. The van der Waals surface area contributed by atoms with Gasteiger partial charge in [0.1, 0.15) is 0 Å². The van der Waals surface area contributed by atoms with Crippen molar-refractivity contribution in [3.8, 4) is 0 Å². The van der Waals surface area contributed by atoms with Gasteiger partial charge in [0.25, 0.3) is 5.78 Å². The summed E-state index contributed by atoms with van der Waals surface area (Å²) in [5, 5.41) is 0. The summed E-state index contributed by atoms with van der Waals surface area (Å²) < 4.78 is 32.1. The Morgan fingerprint density at radius 1 is 1.30 bits per heavy atom. The minimum absolute atomic E-state index is 2.08. The zero-order valence-electron chi connectivity index (χ0n) is 4.18. The fourth-order valence-corrected chi connectivity index (χ4v) is 0.717. The van der Waals surface area contributed by atoms with Gasteiger partial charge in [0.2, 0.25) is 2.69 Å². The van der Waals surface area contributed by atoms with Gasteiger partial charge in [-0.05, 0) is 31.9 Å². The van der Waals surface area contributed by atoms with Gasteiger partial charge in [0.05, 0.1) is 0 Å². The molecule has 0 unspecified atom stereocenters. The molecule has 0 rings (SSSR count). The molecule has 1 nitrogen and oxygen atoms in total. The van der Waals surface area contributed by atoms with Crippen LogP contribution in [0.1, 0.15) is 0 Å². The van der Waals surface area contributed by atoms with Crippen molar-refractivity contribution < 1.29 is 18.0 Å². The summed E-state index contributed by atoms with van der Waals surface area (Å²) in [5.74, 6) is -2.08. The van der Waals surface area contributed by atoms with E-state index in [4.69, 9.17) is 11.6 Å². The van der Waals surface area contributed by atoms with Crippen LogP contribution in [-0.2, 0) is 4.79 Å². The zero-order valence-corrected chi connectivity index (χ0v) is 8.10. The van der Waals surface area contributed by atoms with E-state index in [2.05, 4.69) is 31.9 Å². The van der Waals surface area contributed by atoms with Crippen molar-refractivity contribution in [3.05, 3.63) is 0 Å². The van der Waals surface area contributed by atoms with Crippen LogP contribution in [-0.4, -0.2) is 14.7 Å². The topological polar surface area (TPSA) is 17.1 Å². The van der Waals surface area contributed by atoms with Crippen molar-refractivity contribution in [1.82, 2.24) is 0 Å². The molecule has 0 atom stereocenters. The molecule has 0 amide bonds. The van der Waals surface area contributed by atoms with Crippen molar-refractivity contribution in [2.75, 3.05) is 0 Å². The number of halogens is 6. The van der Waals surface area contributed by atoms with Gasteiger partial charge in [-0.2, -0.15) is 13.2 Å². The van der Waals surface area contributed by atoms with E-state index in [-0.39, 0.29) is 0 Å². The molecule has 10 heavy (non-hydrogen) atoms. The summed E-state index contributed by atoms with van der Waals surface area (Å²) >= 11 is 9.52. The third-order valence-corrected chi connectivity index (χ3v) is 1.41. The minimum atomic E-state index is -4.92. The first-order chi connectivity index (χ1) is 4.15. The SMILES string of the molecule is O=C(C(F)(F)F)C(Cl)(Br)Br. The van der Waals surface area contributed by atoms with Crippen LogP contribution in [0.25, 0.3) is 0 Å². The van der Waals surface area contributed by atoms with Crippen molar-refractivity contribution in [2.24, 2.45) is 0 Å². The quantitative estimate of drug-likeness (QED) is 0.681. The molecule has 0 heterocycles. The second-order valence-electron chi connectivity index (χ2n) is 1.32. The molecule has 0 bridgehead atoms. The molecule has 0 aromatic carbocycles. The van der Waals surface area contributed by atoms with Gasteiger partial charge in [-0.15, -0.1) is 0 Å². The molecule has 0 aliphatic carbocycles. The number of hydrogen-bond acceptors (Lipinski definition) is 1. The largest absolute Gasteiger partial charge is 0.453 e. The van der Waals surface area contributed by atoms with E-state index in [1.54, 1.807) is 0 Å². The van der Waals surface area contributed by atoms with E-state index in [1.165, 1.54) is 0 Å². The smallest absolute Gasteiger partial charge is 0.286 e. The molecule has 0 saturated heterocycles. The molecule has 60 valence electrons. The number of rotatable bonds is 1. The van der Waals surface area contributed by atoms with E-state index in [0.717, 1.165) is 0 Å². The summed E-state index contributed by atoms with van der Waals surface area (Å²) in [6.07, 6.45) is -4.92. The number of ketones is 1. The molecular formula is C3Br2ClF3O. The highest BCUT2D eigenvalue weighted by Crippen LogP contribution is 2.38. The van der Waals surface area contributed by atoms with Crippen molar-refractivity contribution in [1.29, 1.82) is 0 Å². The Kier molecular flexibility index (Phi) is 3.20. The maximum Gasteiger partial charge on any atom is 0.453 e. The molecule has 0 aliphatic heterocycles. The second-order valence-corrected chi connectivity index (χ2v) is 6.25. The molecule has 0 radical (unpaired) electrons. The van der Waals surface area contributed by atoms with E-state index in [9.17, 15) is 18.0 Å². The average molecular weight is 304 g/mol. The lowest BCUT2D eigenvalue weighted by Crippen LogP contribution is -2.33. The van der Waals surface area contributed by atoms with E-state index in [1.807, 2.05) is 0 Å². The fraction of sp³-hybridized carbons (Fsp3) is 0.667. The van der Waals surface area contributed by atoms with Crippen LogP contribution in [0.3, 0.4) is 0 Å². The van der Waals surface area contributed by atoms with Crippen LogP contribution in [0.15, 0.2) is 0 Å². The molecule has 0 spiro atoms. The highest BCUT2D eigenvalue weighted by atomic mass is 79.9. The van der Waals surface area contributed by atoms with Gasteiger partial charge in [0.15, 0.2) is 0 Å². The van der Waals surface area contributed by atoms with Gasteiger partial charge < -0.3 is 0 Å². The Labute approximate surface area is 76.2 Å². The highest BCUT2D eigenvalue weighted by molar-refractivity contribution is 9.26. The van der Waals surface area contributed by atoms with Crippen LogP contribution in [0.5, 0.6) is 0 Å². The number of Topliss-reactive ketones (excluding diaryl/α,β-unsaturated/α-hetero) is 1. The second kappa shape index (κ2) is 2.98. The van der Waals surface area contributed by atoms with Crippen LogP contribution in [0, 0.1) is 0 Å². The number of hydrogen-bond donors (Lipinski definition) is 0. The summed E-state index contributed by atoms with van der Waals surface area (Å²) in [6, 6.07) is 0. The normalized spacial score (nSPS) is 13.4. The molecule has 7 heteroatoms. The molecule has 0 saturated carbocycles. The summed E-state index contributed by atoms with van der Waals surface area (Å²) in [7, 11) is 0. The lowest BCUT2D eigenvalue weighted by molar-refractivity contribution is -0.169. The average Bonchev–Trinajstić information content (AvgIpc) is 1.59. The highest BCUT2D eigenvalue weighted by Gasteiger charge is 2.49. The number of carbonyl (C=O) groups is 1. The first-order valence-electron chi connectivity index (χ1n) is 1.84. The monoisotopic (exact) mass is 302 g/mol. The molecule has 0 aliphatic rings. The predicted octanol–water partition coefficient (Wildman–Crippen LogP) is 2.80. The summed E-state index contributed by atoms with van der Waals surface area (Å²) in [4.78, 5) is 10.1. The molecule has 0 fully saturated rings. The zero-order chi connectivity index (χ0) is 8.58. The minimum Gasteiger partial charge on any atom is -0.286 e. The number of alkyl halides is 6. The van der Waals surface area contributed by atoms with Crippen molar-refractivity contribution >= 4 is 49.2 Å². The van der Waals surface area contributed by atoms with E-state index < -0.39 is 14.7 Å². The van der Waals surface area contributed by atoms with E-state index in [0.29, 0.717) is 0 Å². The van der Waals surface area contributed by atoms with Crippen LogP contribution < -0.4 is 0 Å². The Balaban J connectivity index is 4.40. The third kappa shape index (κ3) is 3.21. The molecule has 0 N–H and O–H groups in total. The maximum absolute atomic E-state index is 11.5. The van der Waals surface area contributed by atoms with Gasteiger partial charge in [-0.1, -0.05) is 11.6 Å². The predicted molar refractivity (Wildman–Crippen MR) is 37.5 cm³/mol. The molecule has 0 aromatic heterocycles. The van der Waals surface area contributed by atoms with Crippen LogP contribution >= 0.6 is 43.5 Å². The van der Waals surface area contributed by atoms with Crippen molar-refractivity contribution in [2.45, 2.75) is 8.87 Å². The molecule has 0 aromatic rings. The maximum atomic E-state index is 11.5. The van der Waals surface area contributed by atoms with Gasteiger partial charge >= 0.3 is 6.18 Å². The first kappa shape index (κ1) is 10.7. The third-order valence-electron chi connectivity index (χ3n) is 0.515. The van der Waals surface area contributed by atoms with E-state index >= 15 is 0 Å². The van der Waals surface area contributed by atoms with Crippen LogP contribution in [0.2, 0.25) is 0 Å². The van der Waals surface area contributed by atoms with Crippen LogP contribution in [0.4, 0.5) is 13.2 Å². The van der Waals surface area contributed by atoms with Gasteiger partial charge in [-0.25, -0.2) is 0 Å².